The Kier molecular flexibility index (Phi) is 4.34. The highest BCUT2D eigenvalue weighted by Gasteiger charge is 2.19. The van der Waals surface area contributed by atoms with E-state index in [-0.39, 0.29) is 11.9 Å². The lowest BCUT2D eigenvalue weighted by Crippen LogP contribution is -2.23. The fraction of sp³-hybridized carbons (Fsp3) is 0.538. The maximum absolute atomic E-state index is 13.1. The molecule has 1 atom stereocenters. The minimum absolute atomic E-state index is 0.244. The van der Waals surface area contributed by atoms with Crippen LogP contribution in [0.25, 0.3) is 0 Å². The highest BCUT2D eigenvalue weighted by atomic mass is 19.1. The molecule has 0 bridgehead atoms. The topological polar surface area (TPSA) is 47.3 Å². The summed E-state index contributed by atoms with van der Waals surface area (Å²) in [4.78, 5) is 0. The molecule has 0 saturated carbocycles. The molecule has 1 unspecified atom stereocenters. The van der Waals surface area contributed by atoms with E-state index in [4.69, 9.17) is 10.5 Å². The van der Waals surface area contributed by atoms with Crippen LogP contribution in [0.3, 0.4) is 0 Å². The third kappa shape index (κ3) is 3.17. The first-order chi connectivity index (χ1) is 8.31. The Morgan fingerprint density at radius 1 is 1.47 bits per heavy atom. The van der Waals surface area contributed by atoms with Gasteiger partial charge in [0.1, 0.15) is 11.6 Å². The van der Waals surface area contributed by atoms with E-state index in [1.54, 1.807) is 0 Å². The van der Waals surface area contributed by atoms with Crippen LogP contribution in [0, 0.1) is 5.82 Å². The Morgan fingerprint density at radius 2 is 2.35 bits per heavy atom. The van der Waals surface area contributed by atoms with Crippen molar-refractivity contribution in [3.05, 3.63) is 29.6 Å². The van der Waals surface area contributed by atoms with Crippen molar-refractivity contribution < 1.29 is 9.13 Å². The predicted octanol–water partition coefficient (Wildman–Crippen LogP) is 1.98. The van der Waals surface area contributed by atoms with Crippen molar-refractivity contribution in [3.8, 4) is 5.75 Å². The molecule has 3 N–H and O–H groups in total. The van der Waals surface area contributed by atoms with Gasteiger partial charge in [-0.3, -0.25) is 0 Å². The van der Waals surface area contributed by atoms with Crippen LogP contribution in [0.15, 0.2) is 18.2 Å². The summed E-state index contributed by atoms with van der Waals surface area (Å²) >= 11 is 0. The third-order valence-corrected chi connectivity index (χ3v) is 3.02. The zero-order valence-electron chi connectivity index (χ0n) is 9.92. The average Bonchev–Trinajstić information content (AvgIpc) is 2.52. The number of hydrogen-bond acceptors (Lipinski definition) is 3. The minimum atomic E-state index is -0.244. The highest BCUT2D eigenvalue weighted by molar-refractivity contribution is 5.37. The fourth-order valence-electron chi connectivity index (χ4n) is 2.14. The number of rotatable bonds is 4. The van der Waals surface area contributed by atoms with E-state index in [9.17, 15) is 4.39 Å². The van der Waals surface area contributed by atoms with Crippen molar-refractivity contribution in [2.24, 2.45) is 5.73 Å². The Balaban J connectivity index is 2.12. The lowest BCUT2D eigenvalue weighted by Gasteiger charge is -2.18. The molecule has 0 aromatic heterocycles. The zero-order valence-corrected chi connectivity index (χ0v) is 9.92. The summed E-state index contributed by atoms with van der Waals surface area (Å²) in [7, 11) is 0. The molecule has 17 heavy (non-hydrogen) atoms. The van der Waals surface area contributed by atoms with Crippen LogP contribution in [-0.4, -0.2) is 19.7 Å². The zero-order chi connectivity index (χ0) is 12.1. The Hall–Kier alpha value is -1.13. The van der Waals surface area contributed by atoms with Gasteiger partial charge in [-0.1, -0.05) is 6.07 Å². The smallest absolute Gasteiger partial charge is 0.126 e. The molecule has 0 radical (unpaired) electrons. The quantitative estimate of drug-likeness (QED) is 0.788. The van der Waals surface area contributed by atoms with E-state index >= 15 is 0 Å². The van der Waals surface area contributed by atoms with Gasteiger partial charge in [0, 0.05) is 17.7 Å². The molecule has 0 amide bonds. The summed E-state index contributed by atoms with van der Waals surface area (Å²) in [6.45, 7) is 2.23. The lowest BCUT2D eigenvalue weighted by molar-refractivity contribution is 0.313. The number of fused-ring (bicyclic) bond motifs is 1. The first-order valence-electron chi connectivity index (χ1n) is 6.17. The van der Waals surface area contributed by atoms with Gasteiger partial charge in [0.05, 0.1) is 6.61 Å². The molecule has 0 spiro atoms. The average molecular weight is 238 g/mol. The number of halogens is 1. The van der Waals surface area contributed by atoms with Crippen LogP contribution in [0.4, 0.5) is 4.39 Å². The maximum Gasteiger partial charge on any atom is 0.126 e. The molecule has 1 aliphatic rings. The Morgan fingerprint density at radius 3 is 3.18 bits per heavy atom. The van der Waals surface area contributed by atoms with Crippen molar-refractivity contribution in [2.75, 3.05) is 19.7 Å². The Bertz CT molecular complexity index is 370. The summed E-state index contributed by atoms with van der Waals surface area (Å²) < 4.78 is 18.7. The fourth-order valence-corrected chi connectivity index (χ4v) is 2.14. The summed E-state index contributed by atoms with van der Waals surface area (Å²) in [5, 5.41) is 3.46. The van der Waals surface area contributed by atoms with Crippen molar-refractivity contribution in [1.82, 2.24) is 5.32 Å². The SMILES string of the molecule is NCCCNC1CCCOc2cc(F)ccc21. The molecule has 1 aromatic carbocycles. The minimum Gasteiger partial charge on any atom is -0.493 e. The van der Waals surface area contributed by atoms with Crippen molar-refractivity contribution in [1.29, 1.82) is 0 Å². The molecule has 1 aliphatic heterocycles. The summed E-state index contributed by atoms with van der Waals surface area (Å²) in [5.41, 5.74) is 6.53. The molecular weight excluding hydrogens is 219 g/mol. The van der Waals surface area contributed by atoms with Gasteiger partial charge in [-0.05, 0) is 38.4 Å². The number of nitrogens with two attached hydrogens (primary N) is 1. The lowest BCUT2D eigenvalue weighted by atomic mass is 10.0. The number of nitrogens with one attached hydrogen (secondary N) is 1. The summed E-state index contributed by atoms with van der Waals surface area (Å²) in [5.74, 6) is 0.430. The van der Waals surface area contributed by atoms with Gasteiger partial charge in [0.15, 0.2) is 0 Å². The number of ether oxygens (including phenoxy) is 1. The molecule has 4 heteroatoms. The molecule has 1 heterocycles. The van der Waals surface area contributed by atoms with Crippen LogP contribution in [-0.2, 0) is 0 Å². The second-order valence-corrected chi connectivity index (χ2v) is 4.32. The van der Waals surface area contributed by atoms with E-state index in [0.29, 0.717) is 18.9 Å². The largest absolute Gasteiger partial charge is 0.493 e. The number of benzene rings is 1. The van der Waals surface area contributed by atoms with Gasteiger partial charge in [0.2, 0.25) is 0 Å². The van der Waals surface area contributed by atoms with Crippen LogP contribution < -0.4 is 15.8 Å². The first-order valence-corrected chi connectivity index (χ1v) is 6.17. The first kappa shape index (κ1) is 12.3. The van der Waals surface area contributed by atoms with Gasteiger partial charge in [-0.2, -0.15) is 0 Å². The standard InChI is InChI=1S/C13H19FN2O/c14-10-4-5-11-12(16-7-2-6-15)3-1-8-17-13(11)9-10/h4-5,9,12,16H,1-3,6-8,15H2. The summed E-state index contributed by atoms with van der Waals surface area (Å²) in [6.07, 6.45) is 2.95. The van der Waals surface area contributed by atoms with Crippen LogP contribution in [0.2, 0.25) is 0 Å². The second kappa shape index (κ2) is 5.98. The predicted molar refractivity (Wildman–Crippen MR) is 65.5 cm³/mol. The van der Waals surface area contributed by atoms with Gasteiger partial charge in [-0.25, -0.2) is 4.39 Å². The van der Waals surface area contributed by atoms with E-state index in [0.717, 1.165) is 31.4 Å². The van der Waals surface area contributed by atoms with Gasteiger partial charge in [-0.15, -0.1) is 0 Å². The van der Waals surface area contributed by atoms with E-state index < -0.39 is 0 Å². The van der Waals surface area contributed by atoms with Crippen molar-refractivity contribution >= 4 is 0 Å². The number of hydrogen-bond donors (Lipinski definition) is 2. The maximum atomic E-state index is 13.1. The normalized spacial score (nSPS) is 19.3. The van der Waals surface area contributed by atoms with Gasteiger partial charge < -0.3 is 15.8 Å². The molecule has 0 aliphatic carbocycles. The van der Waals surface area contributed by atoms with Crippen molar-refractivity contribution in [3.63, 3.8) is 0 Å². The molecule has 0 saturated heterocycles. The molecule has 2 rings (SSSR count). The monoisotopic (exact) mass is 238 g/mol. The second-order valence-electron chi connectivity index (χ2n) is 4.32. The van der Waals surface area contributed by atoms with Crippen molar-refractivity contribution in [2.45, 2.75) is 25.3 Å². The van der Waals surface area contributed by atoms with E-state index in [1.165, 1.54) is 12.1 Å². The van der Waals surface area contributed by atoms with Crippen LogP contribution >= 0.6 is 0 Å². The molecule has 1 aromatic rings. The summed E-state index contributed by atoms with van der Waals surface area (Å²) in [6, 6.07) is 5.03. The van der Waals surface area contributed by atoms with E-state index in [2.05, 4.69) is 5.32 Å². The van der Waals surface area contributed by atoms with Gasteiger partial charge >= 0.3 is 0 Å². The van der Waals surface area contributed by atoms with Crippen LogP contribution in [0.1, 0.15) is 30.9 Å². The van der Waals surface area contributed by atoms with Gasteiger partial charge in [0.25, 0.3) is 0 Å². The molecule has 0 fully saturated rings. The van der Waals surface area contributed by atoms with E-state index in [1.807, 2.05) is 6.07 Å². The highest BCUT2D eigenvalue weighted by Crippen LogP contribution is 2.31. The molecular formula is C13H19FN2O. The van der Waals surface area contributed by atoms with Crippen LogP contribution in [0.5, 0.6) is 5.75 Å². The third-order valence-electron chi connectivity index (χ3n) is 3.02. The Labute approximate surface area is 101 Å². The molecule has 94 valence electrons. The molecule has 3 nitrogen and oxygen atoms in total.